The first kappa shape index (κ1) is 11.7. The summed E-state index contributed by atoms with van der Waals surface area (Å²) in [6.45, 7) is 2.51. The molecule has 6 heteroatoms. The molecule has 0 bridgehead atoms. The minimum absolute atomic E-state index is 0.389. The van der Waals surface area contributed by atoms with Gasteiger partial charge in [0, 0.05) is 6.54 Å². The highest BCUT2D eigenvalue weighted by Crippen LogP contribution is 2.08. The molecule has 0 amide bonds. The molecule has 90 valence electrons. The van der Waals surface area contributed by atoms with Crippen LogP contribution in [-0.4, -0.2) is 10.1 Å². The Labute approximate surface area is 96.6 Å². The summed E-state index contributed by atoms with van der Waals surface area (Å²) in [6.07, 6.45) is 0. The Kier molecular flexibility index (Phi) is 3.43. The number of aromatic nitrogens is 2. The van der Waals surface area contributed by atoms with Crippen molar-refractivity contribution in [2.75, 3.05) is 0 Å². The van der Waals surface area contributed by atoms with E-state index in [1.165, 1.54) is 6.07 Å². The van der Waals surface area contributed by atoms with Gasteiger partial charge in [0.05, 0.1) is 6.54 Å². The standard InChI is InChI=1S/C11H11F2N3O/c1-7-15-11(17-16-7)6-14-5-8-2-3-9(12)10(13)4-8/h2-4,14H,5-6H2,1H3. The van der Waals surface area contributed by atoms with Crippen LogP contribution in [0.3, 0.4) is 0 Å². The van der Waals surface area contributed by atoms with E-state index >= 15 is 0 Å². The lowest BCUT2D eigenvalue weighted by molar-refractivity contribution is 0.364. The van der Waals surface area contributed by atoms with Crippen molar-refractivity contribution < 1.29 is 13.3 Å². The maximum atomic E-state index is 12.9. The second-order valence-corrected chi connectivity index (χ2v) is 3.59. The van der Waals surface area contributed by atoms with Crippen molar-refractivity contribution in [3.63, 3.8) is 0 Å². The second-order valence-electron chi connectivity index (χ2n) is 3.59. The summed E-state index contributed by atoms with van der Waals surface area (Å²) < 4.78 is 30.4. The van der Waals surface area contributed by atoms with E-state index in [1.54, 1.807) is 6.92 Å². The van der Waals surface area contributed by atoms with Crippen LogP contribution < -0.4 is 5.32 Å². The third-order valence-corrected chi connectivity index (χ3v) is 2.16. The van der Waals surface area contributed by atoms with Gasteiger partial charge < -0.3 is 9.84 Å². The number of nitrogens with zero attached hydrogens (tertiary/aromatic N) is 2. The molecule has 0 aliphatic heterocycles. The Bertz CT molecular complexity index is 513. The van der Waals surface area contributed by atoms with Gasteiger partial charge in [-0.2, -0.15) is 4.98 Å². The Morgan fingerprint density at radius 3 is 2.71 bits per heavy atom. The van der Waals surface area contributed by atoms with E-state index in [1.807, 2.05) is 0 Å². The van der Waals surface area contributed by atoms with Gasteiger partial charge in [0.25, 0.3) is 0 Å². The van der Waals surface area contributed by atoms with E-state index < -0.39 is 11.6 Å². The molecule has 2 aromatic rings. The predicted octanol–water partition coefficient (Wildman–Crippen LogP) is 1.95. The third kappa shape index (κ3) is 3.07. The number of nitrogens with one attached hydrogen (secondary N) is 1. The molecule has 0 fully saturated rings. The summed E-state index contributed by atoms with van der Waals surface area (Å²) in [6, 6.07) is 3.77. The van der Waals surface area contributed by atoms with Crippen molar-refractivity contribution >= 4 is 0 Å². The second kappa shape index (κ2) is 5.01. The molecule has 0 saturated heterocycles. The number of halogens is 2. The average Bonchev–Trinajstić information content (AvgIpc) is 2.70. The smallest absolute Gasteiger partial charge is 0.240 e. The van der Waals surface area contributed by atoms with Crippen LogP contribution in [-0.2, 0) is 13.1 Å². The normalized spacial score (nSPS) is 10.8. The number of hydrogen-bond donors (Lipinski definition) is 1. The molecule has 0 spiro atoms. The molecular formula is C11H11F2N3O. The maximum absolute atomic E-state index is 12.9. The van der Waals surface area contributed by atoms with E-state index in [0.717, 1.165) is 12.1 Å². The first-order chi connectivity index (χ1) is 8.15. The topological polar surface area (TPSA) is 51.0 Å². The SMILES string of the molecule is Cc1noc(CNCc2ccc(F)c(F)c2)n1. The average molecular weight is 239 g/mol. The van der Waals surface area contributed by atoms with Gasteiger partial charge in [-0.25, -0.2) is 8.78 Å². The van der Waals surface area contributed by atoms with Gasteiger partial charge in [0.2, 0.25) is 5.89 Å². The van der Waals surface area contributed by atoms with E-state index in [0.29, 0.717) is 30.4 Å². The quantitative estimate of drug-likeness (QED) is 0.885. The molecule has 0 saturated carbocycles. The Morgan fingerprint density at radius 2 is 2.06 bits per heavy atom. The monoisotopic (exact) mass is 239 g/mol. The van der Waals surface area contributed by atoms with Crippen molar-refractivity contribution in [3.05, 3.63) is 47.1 Å². The first-order valence-electron chi connectivity index (χ1n) is 5.09. The van der Waals surface area contributed by atoms with Crippen LogP contribution in [0.25, 0.3) is 0 Å². The fourth-order valence-corrected chi connectivity index (χ4v) is 1.38. The predicted molar refractivity (Wildman–Crippen MR) is 55.9 cm³/mol. The molecule has 1 N–H and O–H groups in total. The molecule has 17 heavy (non-hydrogen) atoms. The Morgan fingerprint density at radius 1 is 1.24 bits per heavy atom. The van der Waals surface area contributed by atoms with Gasteiger partial charge in [0.1, 0.15) is 0 Å². The highest BCUT2D eigenvalue weighted by Gasteiger charge is 2.04. The summed E-state index contributed by atoms with van der Waals surface area (Å²) in [5.41, 5.74) is 0.653. The molecule has 1 aromatic heterocycles. The molecule has 0 unspecified atom stereocenters. The molecule has 2 rings (SSSR count). The van der Waals surface area contributed by atoms with Crippen molar-refractivity contribution in [1.29, 1.82) is 0 Å². The Balaban J connectivity index is 1.87. The van der Waals surface area contributed by atoms with E-state index in [-0.39, 0.29) is 0 Å². The summed E-state index contributed by atoms with van der Waals surface area (Å²) in [5, 5.41) is 6.62. The lowest BCUT2D eigenvalue weighted by Gasteiger charge is -2.02. The van der Waals surface area contributed by atoms with Gasteiger partial charge >= 0.3 is 0 Å². The molecule has 1 heterocycles. The summed E-state index contributed by atoms with van der Waals surface area (Å²) in [7, 11) is 0. The molecule has 1 aromatic carbocycles. The zero-order valence-electron chi connectivity index (χ0n) is 9.20. The molecule has 0 aliphatic carbocycles. The highest BCUT2D eigenvalue weighted by molar-refractivity contribution is 5.17. The van der Waals surface area contributed by atoms with Gasteiger partial charge in [-0.3, -0.25) is 0 Å². The number of benzene rings is 1. The summed E-state index contributed by atoms with van der Waals surface area (Å²) in [5.74, 6) is -0.668. The lowest BCUT2D eigenvalue weighted by Crippen LogP contribution is -2.13. The minimum atomic E-state index is -0.849. The van der Waals surface area contributed by atoms with Gasteiger partial charge in [-0.05, 0) is 24.6 Å². The fraction of sp³-hybridized carbons (Fsp3) is 0.273. The van der Waals surface area contributed by atoms with Crippen molar-refractivity contribution in [3.8, 4) is 0 Å². The van der Waals surface area contributed by atoms with Crippen molar-refractivity contribution in [2.45, 2.75) is 20.0 Å². The number of hydrogen-bond acceptors (Lipinski definition) is 4. The molecule has 0 aliphatic rings. The lowest BCUT2D eigenvalue weighted by atomic mass is 10.2. The maximum Gasteiger partial charge on any atom is 0.240 e. The summed E-state index contributed by atoms with van der Waals surface area (Å²) in [4.78, 5) is 4.00. The van der Waals surface area contributed by atoms with E-state index in [2.05, 4.69) is 15.5 Å². The largest absolute Gasteiger partial charge is 0.338 e. The molecule has 4 nitrogen and oxygen atoms in total. The minimum Gasteiger partial charge on any atom is -0.338 e. The number of rotatable bonds is 4. The zero-order valence-corrected chi connectivity index (χ0v) is 9.20. The van der Waals surface area contributed by atoms with Crippen LogP contribution in [0.4, 0.5) is 8.78 Å². The highest BCUT2D eigenvalue weighted by atomic mass is 19.2. The number of aryl methyl sites for hydroxylation is 1. The van der Waals surface area contributed by atoms with Gasteiger partial charge in [-0.15, -0.1) is 0 Å². The van der Waals surface area contributed by atoms with Crippen LogP contribution in [0.15, 0.2) is 22.7 Å². The fourth-order valence-electron chi connectivity index (χ4n) is 1.38. The van der Waals surface area contributed by atoms with Crippen LogP contribution >= 0.6 is 0 Å². The van der Waals surface area contributed by atoms with Crippen molar-refractivity contribution in [2.24, 2.45) is 0 Å². The third-order valence-electron chi connectivity index (χ3n) is 2.16. The summed E-state index contributed by atoms with van der Waals surface area (Å²) >= 11 is 0. The van der Waals surface area contributed by atoms with Crippen LogP contribution in [0, 0.1) is 18.6 Å². The van der Waals surface area contributed by atoms with Crippen LogP contribution in [0.5, 0.6) is 0 Å². The van der Waals surface area contributed by atoms with E-state index in [9.17, 15) is 8.78 Å². The molecular weight excluding hydrogens is 228 g/mol. The van der Waals surface area contributed by atoms with Gasteiger partial charge in [0.15, 0.2) is 17.5 Å². The zero-order chi connectivity index (χ0) is 12.3. The van der Waals surface area contributed by atoms with Crippen molar-refractivity contribution in [1.82, 2.24) is 15.5 Å². The van der Waals surface area contributed by atoms with Gasteiger partial charge in [-0.1, -0.05) is 11.2 Å². The van der Waals surface area contributed by atoms with E-state index in [4.69, 9.17) is 4.52 Å². The van der Waals surface area contributed by atoms with Crippen LogP contribution in [0.2, 0.25) is 0 Å². The first-order valence-corrected chi connectivity index (χ1v) is 5.09. The van der Waals surface area contributed by atoms with Crippen LogP contribution in [0.1, 0.15) is 17.3 Å². The Hall–Kier alpha value is -1.82. The molecule has 0 radical (unpaired) electrons. The molecule has 0 atom stereocenters.